The average molecular weight is 637 g/mol. The molecule has 0 unspecified atom stereocenters. The molecule has 0 radical (unpaired) electrons. The van der Waals surface area contributed by atoms with E-state index < -0.39 is 0 Å². The summed E-state index contributed by atoms with van der Waals surface area (Å²) in [5.41, 5.74) is 3.02. The minimum atomic E-state index is -0.0798. The number of carbonyl (C=O) groups is 1. The number of ether oxygens (including phenoxy) is 1. The molecule has 0 aliphatic heterocycles. The van der Waals surface area contributed by atoms with Crippen molar-refractivity contribution in [1.29, 1.82) is 0 Å². The molecule has 5 heteroatoms. The molecule has 1 heterocycles. The van der Waals surface area contributed by atoms with Gasteiger partial charge in [-0.1, -0.05) is 110 Å². The van der Waals surface area contributed by atoms with Crippen LogP contribution in [0.5, 0.6) is 5.75 Å². The van der Waals surface area contributed by atoms with Crippen LogP contribution in [0.2, 0.25) is 0 Å². The Morgan fingerprint density at radius 1 is 0.868 bits per heavy atom. The summed E-state index contributed by atoms with van der Waals surface area (Å²) in [5.74, 6) is 0.876. The number of rotatable bonds is 17. The van der Waals surface area contributed by atoms with E-state index in [2.05, 4.69) is 46.0 Å². The lowest BCUT2D eigenvalue weighted by Crippen LogP contribution is -3.00. The highest BCUT2D eigenvalue weighted by molar-refractivity contribution is 5.93. The van der Waals surface area contributed by atoms with Gasteiger partial charge in [-0.05, 0) is 24.0 Å². The fraction of sp³-hybridized carbons (Fsp3) is 0.636. The van der Waals surface area contributed by atoms with Crippen LogP contribution in [-0.2, 0) is 23.8 Å². The second-order valence-corrected chi connectivity index (χ2v) is 11.6. The molecular weight excluding hydrogens is 583 g/mol. The molecule has 214 valence electrons. The number of hydrogen-bond donors (Lipinski definition) is 0. The van der Waals surface area contributed by atoms with E-state index in [0.717, 1.165) is 29.0 Å². The predicted molar refractivity (Wildman–Crippen MR) is 156 cm³/mol. The van der Waals surface area contributed by atoms with Crippen molar-refractivity contribution >= 4 is 11.6 Å². The number of unbranched alkanes of at least 4 members (excludes halogenated alkanes) is 11. The van der Waals surface area contributed by atoms with Crippen LogP contribution in [-0.4, -0.2) is 12.5 Å². The maximum Gasteiger partial charge on any atom is 0.224 e. The Bertz CT molecular complexity index is 939. The summed E-state index contributed by atoms with van der Waals surface area (Å²) >= 11 is 0. The number of hydrogen-bond acceptors (Lipinski definition) is 2. The Kier molecular flexibility index (Phi) is 16.9. The molecule has 38 heavy (non-hydrogen) atoms. The summed E-state index contributed by atoms with van der Waals surface area (Å²) in [4.78, 5) is 14.6. The second-order valence-electron chi connectivity index (χ2n) is 11.6. The Morgan fingerprint density at radius 2 is 1.45 bits per heavy atom. The smallest absolute Gasteiger partial charge is 0.224 e. The van der Waals surface area contributed by atoms with Crippen LogP contribution in [0.15, 0.2) is 42.7 Å². The van der Waals surface area contributed by atoms with Gasteiger partial charge < -0.3 is 33.6 Å². The molecule has 0 fully saturated rings. The Morgan fingerprint density at radius 3 is 1.97 bits per heavy atom. The van der Waals surface area contributed by atoms with Crippen molar-refractivity contribution < 1.29 is 38.1 Å². The molecule has 0 saturated heterocycles. The minimum absolute atomic E-state index is 0. The predicted octanol–water partition coefficient (Wildman–Crippen LogP) is 5.45. The van der Waals surface area contributed by atoms with Crippen molar-refractivity contribution in [3.8, 4) is 5.75 Å². The van der Waals surface area contributed by atoms with Crippen LogP contribution in [0.1, 0.15) is 123 Å². The maximum absolute atomic E-state index is 12.8. The Hall–Kier alpha value is -1.63. The van der Waals surface area contributed by atoms with Gasteiger partial charge in [-0.15, -0.1) is 0 Å². The number of pyridine rings is 1. The third kappa shape index (κ3) is 12.5. The first-order chi connectivity index (χ1) is 17.7. The quantitative estimate of drug-likeness (QED) is 0.132. The number of benzene rings is 1. The van der Waals surface area contributed by atoms with Gasteiger partial charge in [0.05, 0.1) is 18.8 Å². The van der Waals surface area contributed by atoms with Crippen LogP contribution < -0.4 is 38.2 Å². The van der Waals surface area contributed by atoms with Crippen molar-refractivity contribution in [2.24, 2.45) is 7.05 Å². The maximum atomic E-state index is 12.8. The number of halogens is 1. The number of aromatic nitrogens is 1. The van der Waals surface area contributed by atoms with Gasteiger partial charge in [0, 0.05) is 24.1 Å². The van der Waals surface area contributed by atoms with E-state index in [1.165, 1.54) is 70.6 Å². The molecule has 0 spiro atoms. The van der Waals surface area contributed by atoms with Gasteiger partial charge in [-0.3, -0.25) is 4.79 Å². The van der Waals surface area contributed by atoms with E-state index in [9.17, 15) is 4.79 Å². The normalized spacial score (nSPS) is 11.2. The van der Waals surface area contributed by atoms with Gasteiger partial charge in [-0.25, -0.2) is 4.57 Å². The molecule has 0 aliphatic carbocycles. The first-order valence-corrected chi connectivity index (χ1v) is 14.7. The topological polar surface area (TPSA) is 33.4 Å². The van der Waals surface area contributed by atoms with Gasteiger partial charge in [0.1, 0.15) is 12.8 Å². The Balaban J connectivity index is 0.00000722. The van der Waals surface area contributed by atoms with Crippen LogP contribution in [0.3, 0.4) is 0 Å². The van der Waals surface area contributed by atoms with Crippen LogP contribution in [0, 0.1) is 0 Å². The van der Waals surface area contributed by atoms with Gasteiger partial charge >= 0.3 is 0 Å². The molecule has 2 aromatic rings. The fourth-order valence-corrected chi connectivity index (χ4v) is 4.89. The number of aryl methyl sites for hydroxylation is 1. The third-order valence-corrected chi connectivity index (χ3v) is 7.06. The summed E-state index contributed by atoms with van der Waals surface area (Å²) < 4.78 is 8.50. The largest absolute Gasteiger partial charge is 1.00 e. The summed E-state index contributed by atoms with van der Waals surface area (Å²) in [6.45, 7) is 11.7. The minimum Gasteiger partial charge on any atom is -1.00 e. The van der Waals surface area contributed by atoms with Crippen molar-refractivity contribution in [2.45, 2.75) is 124 Å². The lowest BCUT2D eigenvalue weighted by molar-refractivity contribution is -0.671. The van der Waals surface area contributed by atoms with E-state index in [1.54, 1.807) is 6.92 Å². The zero-order valence-electron chi connectivity index (χ0n) is 25.0. The third-order valence-electron chi connectivity index (χ3n) is 7.06. The second kappa shape index (κ2) is 18.6. The highest BCUT2D eigenvalue weighted by atomic mass is 127. The highest BCUT2D eigenvalue weighted by Gasteiger charge is 2.25. The Labute approximate surface area is 250 Å². The van der Waals surface area contributed by atoms with Crippen LogP contribution in [0.4, 0.5) is 5.69 Å². The summed E-state index contributed by atoms with van der Waals surface area (Å²) in [7, 11) is 2.00. The molecule has 0 N–H and O–H groups in total. The molecule has 4 nitrogen and oxygen atoms in total. The molecular formula is C33H53IN2O2. The summed E-state index contributed by atoms with van der Waals surface area (Å²) in [5, 5.41) is 0. The van der Waals surface area contributed by atoms with Crippen molar-refractivity contribution in [3.05, 3.63) is 53.9 Å². The van der Waals surface area contributed by atoms with Crippen molar-refractivity contribution in [1.82, 2.24) is 0 Å². The van der Waals surface area contributed by atoms with Crippen molar-refractivity contribution in [2.75, 3.05) is 11.5 Å². The summed E-state index contributed by atoms with van der Waals surface area (Å²) in [6, 6.07) is 10.3. The van der Waals surface area contributed by atoms with E-state index in [-0.39, 0.29) is 35.3 Å². The summed E-state index contributed by atoms with van der Waals surface area (Å²) in [6.07, 6.45) is 20.0. The van der Waals surface area contributed by atoms with Gasteiger partial charge in [-0.2, -0.15) is 0 Å². The van der Waals surface area contributed by atoms with Crippen LogP contribution >= 0.6 is 0 Å². The molecule has 0 bridgehead atoms. The molecule has 1 aromatic carbocycles. The van der Waals surface area contributed by atoms with E-state index in [1.807, 2.05) is 40.9 Å². The molecule has 1 aromatic heterocycles. The van der Waals surface area contributed by atoms with Gasteiger partial charge in [0.2, 0.25) is 5.91 Å². The van der Waals surface area contributed by atoms with E-state index in [4.69, 9.17) is 4.74 Å². The monoisotopic (exact) mass is 636 g/mol. The number of nitrogens with zero attached hydrogens (tertiary/aromatic N) is 2. The number of carbonyl (C=O) groups excluding carboxylic acids is 1. The molecule has 2 rings (SSSR count). The standard InChI is InChI=1S/C33H53N2O2.HI/c1-7-8-9-10-11-12-13-14-15-16-17-18-25-37-32-30(33(3,4)5)22-19-23-31(32)35(28(2)36)27-29-21-20-24-34(6)26-29;/h19-24,26H,7-18,25,27H2,1-6H3;1H/q+1;/p-1. The first-order valence-electron chi connectivity index (χ1n) is 14.7. The zero-order chi connectivity index (χ0) is 27.1. The van der Waals surface area contributed by atoms with Gasteiger partial charge in [0.25, 0.3) is 0 Å². The molecule has 0 atom stereocenters. The SMILES string of the molecule is CCCCCCCCCCCCCCOc1c(N(Cc2ccc[n+](C)c2)C(C)=O)cccc1C(C)(C)C.[I-]. The number of para-hydroxylation sites is 1. The fourth-order valence-electron chi connectivity index (χ4n) is 4.89. The lowest BCUT2D eigenvalue weighted by atomic mass is 9.85. The number of amides is 1. The van der Waals surface area contributed by atoms with E-state index >= 15 is 0 Å². The first kappa shape index (κ1) is 34.4. The lowest BCUT2D eigenvalue weighted by Gasteiger charge is -2.29. The van der Waals surface area contributed by atoms with E-state index in [0.29, 0.717) is 13.2 Å². The number of anilines is 1. The van der Waals surface area contributed by atoms with Crippen LogP contribution in [0.25, 0.3) is 0 Å². The highest BCUT2D eigenvalue weighted by Crippen LogP contribution is 2.39. The van der Waals surface area contributed by atoms with Crippen molar-refractivity contribution in [3.63, 3.8) is 0 Å². The molecule has 0 aliphatic rings. The molecule has 0 saturated carbocycles. The molecule has 1 amide bonds. The van der Waals surface area contributed by atoms with Gasteiger partial charge in [0.15, 0.2) is 12.4 Å². The average Bonchev–Trinajstić information content (AvgIpc) is 2.84. The zero-order valence-corrected chi connectivity index (χ0v) is 27.2.